The number of hydrogen-bond donors (Lipinski definition) is 0. The van der Waals surface area contributed by atoms with E-state index in [2.05, 4.69) is 43.0 Å². The Morgan fingerprint density at radius 2 is 2.25 bits per heavy atom. The summed E-state index contributed by atoms with van der Waals surface area (Å²) in [4.78, 5) is 5.44. The summed E-state index contributed by atoms with van der Waals surface area (Å²) in [5.74, 6) is 1.07. The van der Waals surface area contributed by atoms with Gasteiger partial charge in [-0.2, -0.15) is 0 Å². The summed E-state index contributed by atoms with van der Waals surface area (Å²) in [5, 5.41) is 4.18. The molecule has 2 aromatic heterocycles. The number of nitrogens with zero attached hydrogens (tertiary/aromatic N) is 2. The smallest absolute Gasteiger partial charge is 0.141 e. The van der Waals surface area contributed by atoms with Gasteiger partial charge in [-0.05, 0) is 45.4 Å². The van der Waals surface area contributed by atoms with Crippen molar-refractivity contribution in [3.8, 4) is 0 Å². The van der Waals surface area contributed by atoms with Crippen LogP contribution in [0, 0.1) is 13.8 Å². The Balaban J connectivity index is 1.83. The van der Waals surface area contributed by atoms with Gasteiger partial charge in [-0.1, -0.05) is 12.1 Å². The van der Waals surface area contributed by atoms with Crippen LogP contribution in [0.1, 0.15) is 52.6 Å². The Kier molecular flexibility index (Phi) is 3.94. The second-order valence-electron chi connectivity index (χ2n) is 5.60. The number of hydrogen-bond acceptors (Lipinski definition) is 4. The van der Waals surface area contributed by atoms with Gasteiger partial charge >= 0.3 is 0 Å². The third-order valence-electron chi connectivity index (χ3n) is 4.16. The van der Waals surface area contributed by atoms with Crippen LogP contribution < -0.4 is 0 Å². The highest BCUT2D eigenvalue weighted by Gasteiger charge is 2.31. The molecule has 0 spiro atoms. The molecule has 1 fully saturated rings. The molecule has 0 N–H and O–H groups in total. The van der Waals surface area contributed by atoms with Gasteiger partial charge in [-0.15, -0.1) is 11.3 Å². The second kappa shape index (κ2) is 5.70. The molecule has 4 heteroatoms. The summed E-state index contributed by atoms with van der Waals surface area (Å²) >= 11 is 1.91. The lowest BCUT2D eigenvalue weighted by Gasteiger charge is -2.24. The van der Waals surface area contributed by atoms with E-state index in [1.54, 1.807) is 0 Å². The van der Waals surface area contributed by atoms with Crippen LogP contribution in [-0.4, -0.2) is 16.6 Å². The van der Waals surface area contributed by atoms with Crippen LogP contribution in [0.2, 0.25) is 0 Å². The molecule has 3 nitrogen and oxygen atoms in total. The highest BCUT2D eigenvalue weighted by Crippen LogP contribution is 2.37. The van der Waals surface area contributed by atoms with Gasteiger partial charge in [-0.25, -0.2) is 0 Å². The van der Waals surface area contributed by atoms with E-state index >= 15 is 0 Å². The normalized spacial score (nSPS) is 19.9. The van der Waals surface area contributed by atoms with Crippen molar-refractivity contribution in [3.05, 3.63) is 38.9 Å². The molecule has 1 atom stereocenters. The molecule has 0 radical (unpaired) electrons. The molecule has 108 valence electrons. The molecule has 3 rings (SSSR count). The molecule has 0 amide bonds. The Hall–Kier alpha value is -1.13. The van der Waals surface area contributed by atoms with Crippen molar-refractivity contribution in [2.75, 3.05) is 6.54 Å². The predicted molar refractivity (Wildman–Crippen MR) is 82.1 cm³/mol. The lowest BCUT2D eigenvalue weighted by Crippen LogP contribution is -2.23. The van der Waals surface area contributed by atoms with Gasteiger partial charge in [0, 0.05) is 34.3 Å². The van der Waals surface area contributed by atoms with Gasteiger partial charge in [-0.3, -0.25) is 4.90 Å². The number of likely N-dealkylation sites (tertiary alicyclic amines) is 1. The first-order chi connectivity index (χ1) is 9.69. The Labute approximate surface area is 124 Å². The molecule has 1 aliphatic rings. The minimum Gasteiger partial charge on any atom is -0.361 e. The lowest BCUT2D eigenvalue weighted by atomic mass is 10.0. The van der Waals surface area contributed by atoms with E-state index in [1.807, 2.05) is 11.3 Å². The van der Waals surface area contributed by atoms with Crippen molar-refractivity contribution in [3.63, 3.8) is 0 Å². The van der Waals surface area contributed by atoms with Crippen molar-refractivity contribution in [1.29, 1.82) is 0 Å². The topological polar surface area (TPSA) is 29.3 Å². The summed E-state index contributed by atoms with van der Waals surface area (Å²) in [5.41, 5.74) is 2.42. The van der Waals surface area contributed by atoms with Crippen molar-refractivity contribution >= 4 is 11.3 Å². The zero-order chi connectivity index (χ0) is 14.1. The van der Waals surface area contributed by atoms with Gasteiger partial charge in [0.1, 0.15) is 5.76 Å². The maximum atomic E-state index is 5.49. The largest absolute Gasteiger partial charge is 0.361 e. The molecule has 0 aromatic carbocycles. The molecule has 20 heavy (non-hydrogen) atoms. The molecular formula is C16H22N2OS. The average molecular weight is 290 g/mol. The van der Waals surface area contributed by atoms with Crippen molar-refractivity contribution in [2.24, 2.45) is 0 Å². The first-order valence-electron chi connectivity index (χ1n) is 7.43. The summed E-state index contributed by atoms with van der Waals surface area (Å²) in [6.07, 6.45) is 3.42. The summed E-state index contributed by atoms with van der Waals surface area (Å²) in [6, 6.07) is 4.96. The number of aromatic nitrogens is 1. The quantitative estimate of drug-likeness (QED) is 0.843. The molecule has 2 aromatic rings. The van der Waals surface area contributed by atoms with E-state index in [0.717, 1.165) is 24.4 Å². The van der Waals surface area contributed by atoms with E-state index in [0.29, 0.717) is 6.04 Å². The van der Waals surface area contributed by atoms with E-state index in [4.69, 9.17) is 4.52 Å². The SMILES string of the molecule is CCc1onc(C)c1C1CCCN1Cc1ccc(C)s1. The maximum Gasteiger partial charge on any atom is 0.141 e. The second-order valence-corrected chi connectivity index (χ2v) is 6.97. The van der Waals surface area contributed by atoms with Gasteiger partial charge in [0.05, 0.1) is 5.69 Å². The number of aryl methyl sites for hydroxylation is 3. The highest BCUT2D eigenvalue weighted by atomic mass is 32.1. The van der Waals surface area contributed by atoms with Crippen LogP contribution in [0.4, 0.5) is 0 Å². The van der Waals surface area contributed by atoms with Crippen LogP contribution in [0.5, 0.6) is 0 Å². The molecular weight excluding hydrogens is 268 g/mol. The average Bonchev–Trinajstić information content (AvgIpc) is 3.11. The standard InChI is InChI=1S/C16H22N2OS/c1-4-15-16(12(3)17-19-15)14-6-5-9-18(14)10-13-8-7-11(2)20-13/h7-8,14H,4-6,9-10H2,1-3H3. The first-order valence-corrected chi connectivity index (χ1v) is 8.25. The molecule has 0 bridgehead atoms. The third-order valence-corrected chi connectivity index (χ3v) is 5.14. The van der Waals surface area contributed by atoms with Crippen molar-refractivity contribution in [1.82, 2.24) is 10.1 Å². The summed E-state index contributed by atoms with van der Waals surface area (Å²) in [6.45, 7) is 8.62. The maximum absolute atomic E-state index is 5.49. The minimum absolute atomic E-state index is 0.485. The third kappa shape index (κ3) is 2.54. The van der Waals surface area contributed by atoms with Gasteiger partial charge in [0.25, 0.3) is 0 Å². The summed E-state index contributed by atoms with van der Waals surface area (Å²) in [7, 11) is 0. The molecule has 3 heterocycles. The Morgan fingerprint density at radius 1 is 1.40 bits per heavy atom. The van der Waals surface area contributed by atoms with E-state index < -0.39 is 0 Å². The number of thiophene rings is 1. The molecule has 1 saturated heterocycles. The fourth-order valence-corrected chi connectivity index (χ4v) is 4.13. The monoisotopic (exact) mass is 290 g/mol. The van der Waals surface area contributed by atoms with E-state index in [-0.39, 0.29) is 0 Å². The Morgan fingerprint density at radius 3 is 2.95 bits per heavy atom. The zero-order valence-corrected chi connectivity index (χ0v) is 13.3. The molecule has 1 unspecified atom stereocenters. The lowest BCUT2D eigenvalue weighted by molar-refractivity contribution is 0.247. The number of rotatable bonds is 4. The fourth-order valence-electron chi connectivity index (χ4n) is 3.22. The van der Waals surface area contributed by atoms with Crippen LogP contribution in [0.25, 0.3) is 0 Å². The zero-order valence-electron chi connectivity index (χ0n) is 12.5. The minimum atomic E-state index is 0.485. The molecule has 0 saturated carbocycles. The van der Waals surface area contributed by atoms with Gasteiger partial charge in [0.2, 0.25) is 0 Å². The van der Waals surface area contributed by atoms with Crippen LogP contribution in [0.3, 0.4) is 0 Å². The fraction of sp³-hybridized carbons (Fsp3) is 0.562. The van der Waals surface area contributed by atoms with E-state index in [1.165, 1.54) is 34.7 Å². The van der Waals surface area contributed by atoms with E-state index in [9.17, 15) is 0 Å². The van der Waals surface area contributed by atoms with Crippen molar-refractivity contribution in [2.45, 2.75) is 52.6 Å². The van der Waals surface area contributed by atoms with Crippen LogP contribution >= 0.6 is 11.3 Å². The summed E-state index contributed by atoms with van der Waals surface area (Å²) < 4.78 is 5.49. The predicted octanol–water partition coefficient (Wildman–Crippen LogP) is 4.25. The van der Waals surface area contributed by atoms with Crippen LogP contribution in [-0.2, 0) is 13.0 Å². The van der Waals surface area contributed by atoms with Gasteiger partial charge in [0.15, 0.2) is 0 Å². The Bertz CT molecular complexity index is 587. The first kappa shape index (κ1) is 13.8. The van der Waals surface area contributed by atoms with Crippen LogP contribution in [0.15, 0.2) is 16.7 Å². The van der Waals surface area contributed by atoms with Crippen molar-refractivity contribution < 1.29 is 4.52 Å². The highest BCUT2D eigenvalue weighted by molar-refractivity contribution is 7.11. The molecule has 1 aliphatic heterocycles. The molecule has 0 aliphatic carbocycles. The van der Waals surface area contributed by atoms with Gasteiger partial charge < -0.3 is 4.52 Å².